The molecule has 0 fully saturated rings. The SMILES string of the molecule is CCCCC/C=C\C/C=C\C/C=C\C/C=C\CCCC(=O)NCCCC(=O)OC. The van der Waals surface area contributed by atoms with E-state index in [1.165, 1.54) is 32.8 Å². The van der Waals surface area contributed by atoms with Crippen molar-refractivity contribution in [1.29, 1.82) is 0 Å². The van der Waals surface area contributed by atoms with Crippen molar-refractivity contribution in [2.75, 3.05) is 13.7 Å². The predicted octanol–water partition coefficient (Wildman–Crippen LogP) is 6.20. The summed E-state index contributed by atoms with van der Waals surface area (Å²) in [7, 11) is 1.37. The van der Waals surface area contributed by atoms with Gasteiger partial charge in [-0.2, -0.15) is 0 Å². The van der Waals surface area contributed by atoms with E-state index in [0.29, 0.717) is 25.8 Å². The molecule has 0 aromatic rings. The highest BCUT2D eigenvalue weighted by molar-refractivity contribution is 5.75. The van der Waals surface area contributed by atoms with E-state index in [0.717, 1.165) is 32.1 Å². The van der Waals surface area contributed by atoms with Crippen molar-refractivity contribution < 1.29 is 14.3 Å². The molecule has 0 atom stereocenters. The number of esters is 1. The number of methoxy groups -OCH3 is 1. The van der Waals surface area contributed by atoms with Crippen LogP contribution in [-0.2, 0) is 14.3 Å². The van der Waals surface area contributed by atoms with Gasteiger partial charge in [0.25, 0.3) is 0 Å². The number of ether oxygens (including phenoxy) is 1. The summed E-state index contributed by atoms with van der Waals surface area (Å²) in [4.78, 5) is 22.6. The third-order valence-corrected chi connectivity index (χ3v) is 4.34. The third kappa shape index (κ3) is 22.1. The summed E-state index contributed by atoms with van der Waals surface area (Å²) in [6.45, 7) is 2.76. The molecule has 0 aliphatic carbocycles. The van der Waals surface area contributed by atoms with E-state index in [1.807, 2.05) is 0 Å². The lowest BCUT2D eigenvalue weighted by Crippen LogP contribution is -2.24. The van der Waals surface area contributed by atoms with Crippen LogP contribution in [0.1, 0.15) is 84.0 Å². The molecule has 0 aliphatic heterocycles. The molecule has 0 aromatic heterocycles. The van der Waals surface area contributed by atoms with Gasteiger partial charge in [-0.3, -0.25) is 9.59 Å². The number of carbonyl (C=O) groups excluding carboxylic acids is 2. The standard InChI is InChI=1S/C25H41NO3/c1-3-4-5-6-7-8-9-10-11-12-13-14-15-16-17-18-19-21-24(27)26-23-20-22-25(28)29-2/h7-8,10-11,13-14,16-17H,3-6,9,12,15,18-23H2,1-2H3,(H,26,27)/b8-7-,11-10-,14-13-,17-16-. The van der Waals surface area contributed by atoms with Gasteiger partial charge < -0.3 is 10.1 Å². The Labute approximate surface area is 178 Å². The van der Waals surface area contributed by atoms with Gasteiger partial charge in [-0.15, -0.1) is 0 Å². The number of hydrogen-bond acceptors (Lipinski definition) is 3. The van der Waals surface area contributed by atoms with Crippen LogP contribution in [0.3, 0.4) is 0 Å². The molecule has 4 nitrogen and oxygen atoms in total. The van der Waals surface area contributed by atoms with E-state index in [9.17, 15) is 9.59 Å². The van der Waals surface area contributed by atoms with Crippen molar-refractivity contribution in [3.8, 4) is 0 Å². The number of rotatable bonds is 18. The topological polar surface area (TPSA) is 55.4 Å². The highest BCUT2D eigenvalue weighted by Gasteiger charge is 2.02. The van der Waals surface area contributed by atoms with Crippen molar-refractivity contribution in [2.45, 2.75) is 84.0 Å². The summed E-state index contributed by atoms with van der Waals surface area (Å²) in [5, 5.41) is 2.82. The van der Waals surface area contributed by atoms with Crippen LogP contribution in [0, 0.1) is 0 Å². The maximum Gasteiger partial charge on any atom is 0.305 e. The molecule has 29 heavy (non-hydrogen) atoms. The first-order valence-corrected chi connectivity index (χ1v) is 11.1. The van der Waals surface area contributed by atoms with Crippen molar-refractivity contribution in [3.63, 3.8) is 0 Å². The summed E-state index contributed by atoms with van der Waals surface area (Å²) in [5.41, 5.74) is 0. The van der Waals surface area contributed by atoms with E-state index < -0.39 is 0 Å². The minimum absolute atomic E-state index is 0.0470. The minimum atomic E-state index is -0.236. The second kappa shape index (κ2) is 22.2. The highest BCUT2D eigenvalue weighted by Crippen LogP contribution is 2.01. The average Bonchev–Trinajstić information content (AvgIpc) is 2.73. The molecule has 0 saturated carbocycles. The number of unbranched alkanes of at least 4 members (excludes halogenated alkanes) is 4. The monoisotopic (exact) mass is 403 g/mol. The normalized spacial score (nSPS) is 11.9. The fourth-order valence-corrected chi connectivity index (χ4v) is 2.59. The molecular weight excluding hydrogens is 362 g/mol. The number of allylic oxidation sites excluding steroid dienone is 8. The Morgan fingerprint density at radius 1 is 0.724 bits per heavy atom. The lowest BCUT2D eigenvalue weighted by atomic mass is 10.2. The Bertz CT molecular complexity index is 518. The molecule has 164 valence electrons. The fraction of sp³-hybridized carbons (Fsp3) is 0.600. The van der Waals surface area contributed by atoms with E-state index in [1.54, 1.807) is 0 Å². The molecule has 0 heterocycles. The molecule has 0 aliphatic rings. The summed E-state index contributed by atoms with van der Waals surface area (Å²) in [6.07, 6.45) is 28.9. The molecule has 0 bridgehead atoms. The van der Waals surface area contributed by atoms with E-state index in [2.05, 4.69) is 65.6 Å². The van der Waals surface area contributed by atoms with Crippen molar-refractivity contribution in [3.05, 3.63) is 48.6 Å². The number of hydrogen-bond donors (Lipinski definition) is 1. The van der Waals surface area contributed by atoms with E-state index in [-0.39, 0.29) is 11.9 Å². The van der Waals surface area contributed by atoms with Gasteiger partial charge >= 0.3 is 5.97 Å². The van der Waals surface area contributed by atoms with Gasteiger partial charge in [-0.05, 0) is 51.4 Å². The summed E-state index contributed by atoms with van der Waals surface area (Å²) in [5.74, 6) is -0.189. The predicted molar refractivity (Wildman–Crippen MR) is 123 cm³/mol. The second-order valence-corrected chi connectivity index (χ2v) is 7.01. The zero-order chi connectivity index (χ0) is 21.4. The second-order valence-electron chi connectivity index (χ2n) is 7.01. The summed E-state index contributed by atoms with van der Waals surface area (Å²) in [6, 6.07) is 0. The molecule has 0 unspecified atom stereocenters. The minimum Gasteiger partial charge on any atom is -0.469 e. The molecular formula is C25H41NO3. The Morgan fingerprint density at radius 2 is 1.28 bits per heavy atom. The van der Waals surface area contributed by atoms with Gasteiger partial charge in [0.15, 0.2) is 0 Å². The summed E-state index contributed by atoms with van der Waals surface area (Å²) < 4.78 is 4.55. The van der Waals surface area contributed by atoms with Crippen LogP contribution in [0.2, 0.25) is 0 Å². The summed E-state index contributed by atoms with van der Waals surface area (Å²) >= 11 is 0. The average molecular weight is 404 g/mol. The largest absolute Gasteiger partial charge is 0.469 e. The number of carbonyl (C=O) groups is 2. The van der Waals surface area contributed by atoms with Gasteiger partial charge in [0.1, 0.15) is 0 Å². The molecule has 0 aromatic carbocycles. The van der Waals surface area contributed by atoms with Crippen LogP contribution in [-0.4, -0.2) is 25.5 Å². The zero-order valence-electron chi connectivity index (χ0n) is 18.5. The van der Waals surface area contributed by atoms with Gasteiger partial charge in [-0.25, -0.2) is 0 Å². The van der Waals surface area contributed by atoms with Crippen LogP contribution in [0.5, 0.6) is 0 Å². The van der Waals surface area contributed by atoms with E-state index >= 15 is 0 Å². The molecule has 4 heteroatoms. The molecule has 0 rings (SSSR count). The third-order valence-electron chi connectivity index (χ3n) is 4.34. The van der Waals surface area contributed by atoms with Crippen LogP contribution >= 0.6 is 0 Å². The number of nitrogens with one attached hydrogen (secondary N) is 1. The van der Waals surface area contributed by atoms with E-state index in [4.69, 9.17) is 0 Å². The molecule has 0 saturated heterocycles. The van der Waals surface area contributed by atoms with Crippen molar-refractivity contribution >= 4 is 11.9 Å². The first-order valence-electron chi connectivity index (χ1n) is 11.1. The molecule has 0 spiro atoms. The van der Waals surface area contributed by atoms with Crippen molar-refractivity contribution in [1.82, 2.24) is 5.32 Å². The molecule has 0 radical (unpaired) electrons. The smallest absolute Gasteiger partial charge is 0.305 e. The lowest BCUT2D eigenvalue weighted by Gasteiger charge is -2.03. The first kappa shape index (κ1) is 26.9. The molecule has 1 N–H and O–H groups in total. The van der Waals surface area contributed by atoms with Gasteiger partial charge in [0, 0.05) is 19.4 Å². The zero-order valence-corrected chi connectivity index (χ0v) is 18.5. The van der Waals surface area contributed by atoms with Gasteiger partial charge in [-0.1, -0.05) is 68.4 Å². The maximum atomic E-state index is 11.6. The number of amides is 1. The first-order chi connectivity index (χ1) is 14.2. The van der Waals surface area contributed by atoms with Gasteiger partial charge in [0.05, 0.1) is 7.11 Å². The van der Waals surface area contributed by atoms with Crippen molar-refractivity contribution in [2.24, 2.45) is 0 Å². The quantitative estimate of drug-likeness (QED) is 0.168. The Kier molecular flexibility index (Phi) is 20.6. The van der Waals surface area contributed by atoms with Crippen LogP contribution in [0.4, 0.5) is 0 Å². The van der Waals surface area contributed by atoms with Crippen LogP contribution in [0.25, 0.3) is 0 Å². The Hall–Kier alpha value is -2.10. The fourth-order valence-electron chi connectivity index (χ4n) is 2.59. The van der Waals surface area contributed by atoms with Crippen LogP contribution < -0.4 is 5.32 Å². The highest BCUT2D eigenvalue weighted by atomic mass is 16.5. The maximum absolute atomic E-state index is 11.6. The Balaban J connectivity index is 3.49. The Morgan fingerprint density at radius 3 is 1.83 bits per heavy atom. The lowest BCUT2D eigenvalue weighted by molar-refractivity contribution is -0.140. The molecule has 1 amide bonds. The van der Waals surface area contributed by atoms with Crippen LogP contribution in [0.15, 0.2) is 48.6 Å². The van der Waals surface area contributed by atoms with Gasteiger partial charge in [0.2, 0.25) is 5.91 Å².